The number of fused-ring (bicyclic) bond motifs is 1. The summed E-state index contributed by atoms with van der Waals surface area (Å²) in [6.07, 6.45) is 0.429. The van der Waals surface area contributed by atoms with Gasteiger partial charge in [0.2, 0.25) is 5.95 Å². The Balaban J connectivity index is 1.78. The molecule has 0 spiro atoms. The summed E-state index contributed by atoms with van der Waals surface area (Å²) in [5.41, 5.74) is 7.83. The third-order valence-electron chi connectivity index (χ3n) is 3.57. The van der Waals surface area contributed by atoms with Crippen molar-refractivity contribution in [2.24, 2.45) is 0 Å². The van der Waals surface area contributed by atoms with E-state index in [4.69, 9.17) is 22.1 Å². The van der Waals surface area contributed by atoms with Crippen LogP contribution < -0.4 is 16.0 Å². The summed E-state index contributed by atoms with van der Waals surface area (Å²) in [6, 6.07) is 7.33. The molecule has 0 saturated carbocycles. The van der Waals surface area contributed by atoms with Gasteiger partial charge in [0.1, 0.15) is 16.6 Å². The van der Waals surface area contributed by atoms with Gasteiger partial charge in [-0.2, -0.15) is 4.98 Å². The number of aromatic nitrogens is 2. The molecule has 0 bridgehead atoms. The van der Waals surface area contributed by atoms with Crippen LogP contribution in [0.1, 0.15) is 26.3 Å². The van der Waals surface area contributed by atoms with Gasteiger partial charge in [-0.25, -0.2) is 9.78 Å². The van der Waals surface area contributed by atoms with E-state index in [-0.39, 0.29) is 17.2 Å². The SMILES string of the molecule is CC(C)(C)OC(=O)N1CCc2cc(Nc3cc(Cl)nc(N)n3)ccc21. The number of rotatable bonds is 2. The van der Waals surface area contributed by atoms with Gasteiger partial charge in [-0.3, -0.25) is 4.90 Å². The Morgan fingerprint density at radius 3 is 2.76 bits per heavy atom. The van der Waals surface area contributed by atoms with Crippen molar-refractivity contribution in [3.8, 4) is 0 Å². The second-order valence-corrected chi connectivity index (χ2v) is 7.17. The molecule has 0 radical (unpaired) electrons. The lowest BCUT2D eigenvalue weighted by Crippen LogP contribution is -2.35. The predicted molar refractivity (Wildman–Crippen MR) is 98.5 cm³/mol. The van der Waals surface area contributed by atoms with Crippen molar-refractivity contribution in [1.29, 1.82) is 0 Å². The van der Waals surface area contributed by atoms with Crippen molar-refractivity contribution in [2.75, 3.05) is 22.5 Å². The predicted octanol–water partition coefficient (Wildman–Crippen LogP) is 3.75. The Labute approximate surface area is 151 Å². The lowest BCUT2D eigenvalue weighted by molar-refractivity contribution is 0.0584. The normalized spacial score (nSPS) is 13.5. The molecule has 3 rings (SSSR count). The van der Waals surface area contributed by atoms with Crippen LogP contribution in [0.25, 0.3) is 0 Å². The highest BCUT2D eigenvalue weighted by atomic mass is 35.5. The van der Waals surface area contributed by atoms with Gasteiger partial charge in [0.15, 0.2) is 0 Å². The zero-order chi connectivity index (χ0) is 18.2. The molecule has 2 aromatic rings. The van der Waals surface area contributed by atoms with E-state index >= 15 is 0 Å². The van der Waals surface area contributed by atoms with Crippen LogP contribution in [0.2, 0.25) is 5.15 Å². The molecule has 25 heavy (non-hydrogen) atoms. The first kappa shape index (κ1) is 17.3. The third-order valence-corrected chi connectivity index (χ3v) is 3.77. The minimum absolute atomic E-state index is 0.104. The van der Waals surface area contributed by atoms with Crippen LogP contribution in [0.3, 0.4) is 0 Å². The number of hydrogen-bond donors (Lipinski definition) is 2. The molecular formula is C17H20ClN5O2. The fraction of sp³-hybridized carbons (Fsp3) is 0.353. The second-order valence-electron chi connectivity index (χ2n) is 6.78. The number of carbonyl (C=O) groups excluding carboxylic acids is 1. The van der Waals surface area contributed by atoms with Crippen LogP contribution in [0.15, 0.2) is 24.3 Å². The molecule has 0 atom stereocenters. The number of benzene rings is 1. The van der Waals surface area contributed by atoms with Crippen LogP contribution in [-0.2, 0) is 11.2 Å². The zero-order valence-electron chi connectivity index (χ0n) is 14.3. The molecule has 0 unspecified atom stereocenters. The van der Waals surface area contributed by atoms with Crippen LogP contribution in [-0.4, -0.2) is 28.2 Å². The molecular weight excluding hydrogens is 342 g/mol. The lowest BCUT2D eigenvalue weighted by atomic mass is 10.1. The average Bonchev–Trinajstić information content (AvgIpc) is 2.87. The Hall–Kier alpha value is -2.54. The number of hydrogen-bond acceptors (Lipinski definition) is 6. The average molecular weight is 362 g/mol. The standard InChI is InChI=1S/C17H20ClN5O2/c1-17(2,3)25-16(24)23-7-6-10-8-11(4-5-12(10)23)20-14-9-13(18)21-15(19)22-14/h4-5,8-9H,6-7H2,1-3H3,(H3,19,20,21,22). The van der Waals surface area contributed by atoms with Crippen molar-refractivity contribution >= 4 is 40.8 Å². The maximum absolute atomic E-state index is 12.3. The molecule has 1 aliphatic rings. The summed E-state index contributed by atoms with van der Waals surface area (Å²) in [4.78, 5) is 21.9. The summed E-state index contributed by atoms with van der Waals surface area (Å²) < 4.78 is 5.46. The number of halogens is 1. The zero-order valence-corrected chi connectivity index (χ0v) is 15.1. The molecule has 1 amide bonds. The highest BCUT2D eigenvalue weighted by Crippen LogP contribution is 2.32. The van der Waals surface area contributed by atoms with Gasteiger partial charge in [0.25, 0.3) is 0 Å². The van der Waals surface area contributed by atoms with Crippen molar-refractivity contribution in [3.05, 3.63) is 35.0 Å². The van der Waals surface area contributed by atoms with E-state index in [1.54, 1.807) is 11.0 Å². The van der Waals surface area contributed by atoms with E-state index in [9.17, 15) is 4.79 Å². The number of nitrogens with one attached hydrogen (secondary N) is 1. The molecule has 1 aromatic carbocycles. The van der Waals surface area contributed by atoms with Gasteiger partial charge in [-0.15, -0.1) is 0 Å². The Morgan fingerprint density at radius 1 is 1.32 bits per heavy atom. The number of amides is 1. The first-order valence-electron chi connectivity index (χ1n) is 7.92. The largest absolute Gasteiger partial charge is 0.443 e. The van der Waals surface area contributed by atoms with Crippen molar-refractivity contribution < 1.29 is 9.53 Å². The monoisotopic (exact) mass is 361 g/mol. The summed E-state index contributed by atoms with van der Waals surface area (Å²) in [6.45, 7) is 6.16. The van der Waals surface area contributed by atoms with Crippen LogP contribution in [0, 0.1) is 0 Å². The number of nitrogens with zero attached hydrogens (tertiary/aromatic N) is 3. The molecule has 1 aromatic heterocycles. The number of nitrogens with two attached hydrogens (primary N) is 1. The minimum Gasteiger partial charge on any atom is -0.443 e. The quantitative estimate of drug-likeness (QED) is 0.791. The third kappa shape index (κ3) is 4.11. The van der Waals surface area contributed by atoms with Crippen molar-refractivity contribution in [3.63, 3.8) is 0 Å². The lowest BCUT2D eigenvalue weighted by Gasteiger charge is -2.24. The maximum atomic E-state index is 12.3. The maximum Gasteiger partial charge on any atom is 0.414 e. The molecule has 3 N–H and O–H groups in total. The molecule has 0 fully saturated rings. The van der Waals surface area contributed by atoms with Crippen LogP contribution in [0.5, 0.6) is 0 Å². The molecule has 8 heteroatoms. The fourth-order valence-electron chi connectivity index (χ4n) is 2.63. The van der Waals surface area contributed by atoms with Gasteiger partial charge in [0, 0.05) is 18.3 Å². The molecule has 132 valence electrons. The fourth-order valence-corrected chi connectivity index (χ4v) is 2.82. The van der Waals surface area contributed by atoms with E-state index < -0.39 is 5.60 Å². The van der Waals surface area contributed by atoms with Gasteiger partial charge in [0.05, 0.1) is 5.69 Å². The summed E-state index contributed by atoms with van der Waals surface area (Å²) in [5, 5.41) is 3.42. The van der Waals surface area contributed by atoms with Gasteiger partial charge < -0.3 is 15.8 Å². The topological polar surface area (TPSA) is 93.4 Å². The molecule has 0 aliphatic carbocycles. The molecule has 1 aliphatic heterocycles. The Kier molecular flexibility index (Phi) is 4.43. The highest BCUT2D eigenvalue weighted by Gasteiger charge is 2.29. The van der Waals surface area contributed by atoms with Gasteiger partial charge in [-0.1, -0.05) is 11.6 Å². The van der Waals surface area contributed by atoms with Crippen LogP contribution >= 0.6 is 11.6 Å². The van der Waals surface area contributed by atoms with E-state index in [1.807, 2.05) is 39.0 Å². The van der Waals surface area contributed by atoms with Crippen molar-refractivity contribution in [2.45, 2.75) is 32.8 Å². The number of anilines is 4. The second kappa shape index (κ2) is 6.40. The van der Waals surface area contributed by atoms with Crippen molar-refractivity contribution in [1.82, 2.24) is 9.97 Å². The van der Waals surface area contributed by atoms with Crippen LogP contribution in [0.4, 0.5) is 27.9 Å². The van der Waals surface area contributed by atoms with Gasteiger partial charge >= 0.3 is 6.09 Å². The van der Waals surface area contributed by atoms with E-state index in [1.165, 1.54) is 0 Å². The Morgan fingerprint density at radius 2 is 2.08 bits per heavy atom. The number of nitrogen functional groups attached to an aromatic ring is 1. The smallest absolute Gasteiger partial charge is 0.414 e. The highest BCUT2D eigenvalue weighted by molar-refractivity contribution is 6.29. The summed E-state index contributed by atoms with van der Waals surface area (Å²) in [7, 11) is 0. The minimum atomic E-state index is -0.520. The molecule has 7 nitrogen and oxygen atoms in total. The Bertz CT molecular complexity index is 799. The number of carbonyl (C=O) groups is 1. The molecule has 0 saturated heterocycles. The van der Waals surface area contributed by atoms with E-state index in [2.05, 4.69) is 15.3 Å². The summed E-state index contributed by atoms with van der Waals surface area (Å²) in [5.74, 6) is 0.617. The first-order valence-corrected chi connectivity index (χ1v) is 8.29. The van der Waals surface area contributed by atoms with E-state index in [0.29, 0.717) is 12.4 Å². The van der Waals surface area contributed by atoms with E-state index in [0.717, 1.165) is 23.4 Å². The first-order chi connectivity index (χ1) is 11.7. The molecule has 2 heterocycles. The summed E-state index contributed by atoms with van der Waals surface area (Å²) >= 11 is 5.89. The van der Waals surface area contributed by atoms with Gasteiger partial charge in [-0.05, 0) is 51.0 Å². The number of ether oxygens (including phenoxy) is 1.